The van der Waals surface area contributed by atoms with Crippen LogP contribution in [-0.2, 0) is 9.53 Å². The van der Waals surface area contributed by atoms with Gasteiger partial charge in [0.2, 0.25) is 5.91 Å². The number of halogens is 1. The third-order valence-corrected chi connectivity index (χ3v) is 4.74. The van der Waals surface area contributed by atoms with Crippen molar-refractivity contribution in [3.63, 3.8) is 0 Å². The molecule has 4 atom stereocenters. The van der Waals surface area contributed by atoms with Crippen LogP contribution in [0.25, 0.3) is 0 Å². The van der Waals surface area contributed by atoms with Crippen LogP contribution in [0.4, 0.5) is 0 Å². The van der Waals surface area contributed by atoms with E-state index in [0.29, 0.717) is 24.8 Å². The summed E-state index contributed by atoms with van der Waals surface area (Å²) < 4.78 is 5.10. The molecular weight excluding hydrogens is 250 g/mol. The number of fused-ring (bicyclic) bond motifs is 2. The lowest BCUT2D eigenvalue weighted by atomic mass is 9.86. The van der Waals surface area contributed by atoms with Crippen molar-refractivity contribution in [3.05, 3.63) is 0 Å². The molecule has 2 fully saturated rings. The minimum absolute atomic E-state index is 0.0681. The third-order valence-electron chi connectivity index (χ3n) is 4.52. The van der Waals surface area contributed by atoms with E-state index in [-0.39, 0.29) is 11.9 Å². The Morgan fingerprint density at radius 1 is 1.44 bits per heavy atom. The van der Waals surface area contributed by atoms with E-state index in [2.05, 4.69) is 5.32 Å². The molecule has 2 aliphatic rings. The Morgan fingerprint density at radius 3 is 2.83 bits per heavy atom. The number of hydrogen-bond donors (Lipinski definition) is 1. The Balaban J connectivity index is 1.73. The van der Waals surface area contributed by atoms with E-state index in [1.54, 1.807) is 7.11 Å². The van der Waals surface area contributed by atoms with Crippen molar-refractivity contribution in [2.75, 3.05) is 19.6 Å². The van der Waals surface area contributed by atoms with Crippen LogP contribution in [0.3, 0.4) is 0 Å². The van der Waals surface area contributed by atoms with E-state index in [4.69, 9.17) is 16.3 Å². The summed E-state index contributed by atoms with van der Waals surface area (Å²) in [5.41, 5.74) is 0. The Labute approximate surface area is 115 Å². The fourth-order valence-corrected chi connectivity index (χ4v) is 3.94. The monoisotopic (exact) mass is 273 g/mol. The summed E-state index contributed by atoms with van der Waals surface area (Å²) >= 11 is 5.73. The maximum Gasteiger partial charge on any atom is 0.220 e. The molecule has 0 aromatic carbocycles. The van der Waals surface area contributed by atoms with Crippen molar-refractivity contribution >= 4 is 17.5 Å². The van der Waals surface area contributed by atoms with Gasteiger partial charge in [-0.25, -0.2) is 0 Å². The van der Waals surface area contributed by atoms with Gasteiger partial charge in [-0.3, -0.25) is 4.79 Å². The predicted octanol–water partition coefficient (Wildman–Crippen LogP) is 2.57. The lowest BCUT2D eigenvalue weighted by Crippen LogP contribution is -2.39. The molecule has 0 saturated heterocycles. The van der Waals surface area contributed by atoms with Crippen molar-refractivity contribution in [1.82, 2.24) is 5.32 Å². The molecule has 2 saturated carbocycles. The maximum atomic E-state index is 12.0. The molecule has 0 aliphatic heterocycles. The number of carbonyl (C=O) groups is 1. The first-order chi connectivity index (χ1) is 8.72. The molecular formula is C14H24ClNO2. The predicted molar refractivity (Wildman–Crippen MR) is 72.7 cm³/mol. The van der Waals surface area contributed by atoms with Gasteiger partial charge in [-0.1, -0.05) is 6.42 Å². The van der Waals surface area contributed by atoms with E-state index in [1.165, 1.54) is 25.7 Å². The lowest BCUT2D eigenvalue weighted by Gasteiger charge is -2.23. The molecule has 3 nitrogen and oxygen atoms in total. The van der Waals surface area contributed by atoms with Gasteiger partial charge in [-0.05, 0) is 43.4 Å². The summed E-state index contributed by atoms with van der Waals surface area (Å²) in [7, 11) is 1.66. The fraction of sp³-hybridized carbons (Fsp3) is 0.929. The molecule has 4 heteroatoms. The number of carbonyl (C=O) groups excluding carboxylic acids is 1. The van der Waals surface area contributed by atoms with Gasteiger partial charge in [0.05, 0.1) is 12.6 Å². The zero-order valence-corrected chi connectivity index (χ0v) is 11.9. The molecule has 0 spiro atoms. The van der Waals surface area contributed by atoms with E-state index in [1.807, 2.05) is 0 Å². The van der Waals surface area contributed by atoms with Gasteiger partial charge >= 0.3 is 0 Å². The zero-order chi connectivity index (χ0) is 13.0. The van der Waals surface area contributed by atoms with Gasteiger partial charge in [0.15, 0.2) is 0 Å². The molecule has 0 aromatic heterocycles. The molecule has 2 bridgehead atoms. The minimum Gasteiger partial charge on any atom is -0.383 e. The number of rotatable bonds is 7. The van der Waals surface area contributed by atoms with E-state index < -0.39 is 0 Å². The Bertz CT molecular complexity index is 279. The number of alkyl halides is 1. The summed E-state index contributed by atoms with van der Waals surface area (Å²) in [6, 6.07) is 0.0681. The second-order valence-electron chi connectivity index (χ2n) is 5.84. The number of methoxy groups -OCH3 is 1. The van der Waals surface area contributed by atoms with E-state index in [0.717, 1.165) is 18.3 Å². The van der Waals surface area contributed by atoms with Crippen LogP contribution >= 0.6 is 11.6 Å². The highest BCUT2D eigenvalue weighted by molar-refractivity contribution is 6.17. The van der Waals surface area contributed by atoms with E-state index >= 15 is 0 Å². The van der Waals surface area contributed by atoms with Gasteiger partial charge < -0.3 is 10.1 Å². The molecule has 0 aromatic rings. The van der Waals surface area contributed by atoms with Crippen molar-refractivity contribution in [3.8, 4) is 0 Å². The largest absolute Gasteiger partial charge is 0.383 e. The summed E-state index contributed by atoms with van der Waals surface area (Å²) in [5, 5.41) is 3.06. The minimum atomic E-state index is 0.0681. The molecule has 1 amide bonds. The van der Waals surface area contributed by atoms with Crippen molar-refractivity contribution in [2.45, 2.75) is 44.6 Å². The van der Waals surface area contributed by atoms with Crippen LogP contribution in [0.5, 0.6) is 0 Å². The average molecular weight is 274 g/mol. The van der Waals surface area contributed by atoms with Crippen LogP contribution in [0, 0.1) is 17.8 Å². The van der Waals surface area contributed by atoms with Gasteiger partial charge in [0.1, 0.15) is 0 Å². The smallest absolute Gasteiger partial charge is 0.220 e. The summed E-state index contributed by atoms with van der Waals surface area (Å²) in [6.07, 6.45) is 6.83. The normalized spacial score (nSPS) is 31.6. The highest BCUT2D eigenvalue weighted by Crippen LogP contribution is 2.49. The van der Waals surface area contributed by atoms with Crippen molar-refractivity contribution < 1.29 is 9.53 Å². The first-order valence-corrected chi connectivity index (χ1v) is 7.60. The average Bonchev–Trinajstić information content (AvgIpc) is 2.91. The lowest BCUT2D eigenvalue weighted by molar-refractivity contribution is -0.123. The molecule has 2 rings (SSSR count). The quantitative estimate of drug-likeness (QED) is 0.724. The van der Waals surface area contributed by atoms with Crippen LogP contribution in [0.2, 0.25) is 0 Å². The van der Waals surface area contributed by atoms with Crippen LogP contribution in [0.15, 0.2) is 0 Å². The maximum absolute atomic E-state index is 12.0. The molecule has 18 heavy (non-hydrogen) atoms. The Kier molecular flexibility index (Phi) is 5.31. The van der Waals surface area contributed by atoms with E-state index in [9.17, 15) is 4.79 Å². The molecule has 0 radical (unpaired) electrons. The number of ether oxygens (including phenoxy) is 1. The first kappa shape index (κ1) is 14.1. The highest BCUT2D eigenvalue weighted by Gasteiger charge is 2.40. The Morgan fingerprint density at radius 2 is 2.28 bits per heavy atom. The first-order valence-electron chi connectivity index (χ1n) is 7.07. The standard InChI is InChI=1S/C14H24ClNO2/c1-18-9-13(4-5-15)16-14(17)8-12-7-10-2-3-11(12)6-10/h10-13H,2-9H2,1H3,(H,16,17). The van der Waals surface area contributed by atoms with Gasteiger partial charge in [-0.2, -0.15) is 0 Å². The third kappa shape index (κ3) is 3.61. The van der Waals surface area contributed by atoms with Crippen LogP contribution < -0.4 is 5.32 Å². The number of nitrogens with one attached hydrogen (secondary N) is 1. The van der Waals surface area contributed by atoms with Gasteiger partial charge in [-0.15, -0.1) is 11.6 Å². The van der Waals surface area contributed by atoms with Gasteiger partial charge in [0, 0.05) is 19.4 Å². The molecule has 0 heterocycles. The molecule has 1 N–H and O–H groups in total. The van der Waals surface area contributed by atoms with Crippen molar-refractivity contribution in [2.24, 2.45) is 17.8 Å². The molecule has 2 aliphatic carbocycles. The zero-order valence-electron chi connectivity index (χ0n) is 11.2. The summed E-state index contributed by atoms with van der Waals surface area (Å²) in [4.78, 5) is 12.0. The fourth-order valence-electron chi connectivity index (χ4n) is 3.68. The topological polar surface area (TPSA) is 38.3 Å². The second kappa shape index (κ2) is 6.76. The van der Waals surface area contributed by atoms with Crippen LogP contribution in [0.1, 0.15) is 38.5 Å². The number of hydrogen-bond acceptors (Lipinski definition) is 2. The Hall–Kier alpha value is -0.280. The second-order valence-corrected chi connectivity index (χ2v) is 6.21. The molecule has 104 valence electrons. The highest BCUT2D eigenvalue weighted by atomic mass is 35.5. The SMILES string of the molecule is COCC(CCCl)NC(=O)CC1CC2CCC1C2. The van der Waals surface area contributed by atoms with Crippen LogP contribution in [-0.4, -0.2) is 31.5 Å². The van der Waals surface area contributed by atoms with Gasteiger partial charge in [0.25, 0.3) is 0 Å². The molecule has 4 unspecified atom stereocenters. The van der Waals surface area contributed by atoms with Crippen molar-refractivity contribution in [1.29, 1.82) is 0 Å². The summed E-state index contributed by atoms with van der Waals surface area (Å²) in [6.45, 7) is 0.551. The number of amides is 1. The summed E-state index contributed by atoms with van der Waals surface area (Å²) in [5.74, 6) is 3.09.